The first-order chi connectivity index (χ1) is 15.2. The van der Waals surface area contributed by atoms with E-state index in [1.807, 2.05) is 34.6 Å². The van der Waals surface area contributed by atoms with Crippen molar-refractivity contribution in [3.8, 4) is 0 Å². The second-order valence-electron chi connectivity index (χ2n) is 6.97. The highest BCUT2D eigenvalue weighted by atomic mass is 35.5. The van der Waals surface area contributed by atoms with E-state index < -0.39 is 12.1 Å². The Bertz CT molecular complexity index is 1130. The molecule has 3 aromatic rings. The van der Waals surface area contributed by atoms with E-state index in [0.717, 1.165) is 31.3 Å². The molecule has 1 saturated heterocycles. The highest BCUT2D eigenvalue weighted by Gasteiger charge is 2.43. The van der Waals surface area contributed by atoms with E-state index in [1.165, 1.54) is 23.9 Å². The molecule has 2 heterocycles. The van der Waals surface area contributed by atoms with Crippen molar-refractivity contribution in [2.24, 2.45) is 0 Å². The minimum Gasteiger partial charge on any atom is -0.358 e. The number of anilines is 1. The van der Waals surface area contributed by atoms with Gasteiger partial charge < -0.3 is 14.6 Å². The maximum absolute atomic E-state index is 12.6. The summed E-state index contributed by atoms with van der Waals surface area (Å²) in [6.07, 6.45) is -3.14. The van der Waals surface area contributed by atoms with Gasteiger partial charge in [0.1, 0.15) is 0 Å². The van der Waals surface area contributed by atoms with Crippen molar-refractivity contribution in [2.45, 2.75) is 16.0 Å². The predicted octanol–water partition coefficient (Wildman–Crippen LogP) is 6.31. The summed E-state index contributed by atoms with van der Waals surface area (Å²) in [5.74, 6) is -1.77. The van der Waals surface area contributed by atoms with Crippen molar-refractivity contribution in [1.29, 1.82) is 0 Å². The molecule has 2 aromatic carbocycles. The molecule has 0 spiro atoms. The van der Waals surface area contributed by atoms with Gasteiger partial charge in [0, 0.05) is 47.6 Å². The van der Waals surface area contributed by atoms with E-state index in [4.69, 9.17) is 23.2 Å². The highest BCUT2D eigenvalue weighted by molar-refractivity contribution is 8.00. The van der Waals surface area contributed by atoms with Crippen LogP contribution in [0, 0.1) is 0 Å². The van der Waals surface area contributed by atoms with Crippen molar-refractivity contribution < 1.29 is 18.0 Å². The van der Waals surface area contributed by atoms with E-state index in [9.17, 15) is 18.0 Å². The number of rotatable bonds is 5. The monoisotopic (exact) mass is 520 g/mol. The molecule has 1 fully saturated rings. The van der Waals surface area contributed by atoms with Crippen LogP contribution in [0.5, 0.6) is 0 Å². The number of aromatic nitrogens is 1. The zero-order valence-electron chi connectivity index (χ0n) is 16.4. The molecule has 0 aliphatic carbocycles. The Morgan fingerprint density at radius 2 is 1.75 bits per heavy atom. The number of H-pyrrole nitrogens is 1. The van der Waals surface area contributed by atoms with Crippen LogP contribution >= 0.6 is 47.1 Å². The zero-order valence-corrected chi connectivity index (χ0v) is 19.5. The van der Waals surface area contributed by atoms with Crippen LogP contribution in [-0.4, -0.2) is 52.5 Å². The van der Waals surface area contributed by atoms with Crippen molar-refractivity contribution in [3.05, 3.63) is 52.6 Å². The fourth-order valence-electron chi connectivity index (χ4n) is 3.27. The lowest BCUT2D eigenvalue weighted by molar-refractivity contribution is -0.186. The van der Waals surface area contributed by atoms with Crippen LogP contribution in [0.2, 0.25) is 10.0 Å². The van der Waals surface area contributed by atoms with E-state index in [-0.39, 0.29) is 13.1 Å². The number of alkyl halides is 3. The molecular weight excluding hydrogens is 504 g/mol. The van der Waals surface area contributed by atoms with Crippen LogP contribution in [0.1, 0.15) is 0 Å². The molecular formula is C20H17Cl2F3N4OS2. The van der Waals surface area contributed by atoms with Crippen molar-refractivity contribution in [2.75, 3.05) is 30.9 Å². The third-order valence-corrected chi connectivity index (χ3v) is 7.34. The minimum absolute atomic E-state index is 0.0482. The molecule has 4 rings (SSSR count). The number of carbonyl (C=O) groups is 1. The van der Waals surface area contributed by atoms with Crippen LogP contribution in [-0.2, 0) is 4.79 Å². The van der Waals surface area contributed by atoms with Crippen LogP contribution in [0.3, 0.4) is 0 Å². The first-order valence-corrected chi connectivity index (χ1v) is 11.8. The Hall–Kier alpha value is -1.72. The standard InChI is InChI=1S/C20H17Cl2F3N4OS2/c21-14-4-5-16(18-17(14)15(22)11-26-18)27-31-12-2-1-3-13(10-12)32-29-8-6-28(7-9-29)19(30)20(23,24)25/h1-5,10-11,26-27H,6-9H2. The number of piperazine rings is 1. The number of carbonyl (C=O) groups excluding carboxylic acids is 1. The van der Waals surface area contributed by atoms with Crippen LogP contribution in [0.4, 0.5) is 18.9 Å². The SMILES string of the molecule is O=C(N1CCN(Sc2cccc(SNc3ccc(Cl)c4c(Cl)c[nH]c34)c2)CC1)C(F)(F)F. The number of aromatic amines is 1. The van der Waals surface area contributed by atoms with Gasteiger partial charge in [-0.15, -0.1) is 0 Å². The van der Waals surface area contributed by atoms with Crippen LogP contribution in [0.15, 0.2) is 52.4 Å². The van der Waals surface area contributed by atoms with E-state index in [1.54, 1.807) is 12.3 Å². The fourth-order valence-corrected chi connectivity index (χ4v) is 5.60. The summed E-state index contributed by atoms with van der Waals surface area (Å²) in [7, 11) is 0. The van der Waals surface area contributed by atoms with Gasteiger partial charge in [-0.3, -0.25) is 4.79 Å². The van der Waals surface area contributed by atoms with Gasteiger partial charge in [0.05, 0.1) is 21.2 Å². The number of amides is 1. The third kappa shape index (κ3) is 5.26. The first-order valence-electron chi connectivity index (χ1n) is 9.49. The van der Waals surface area contributed by atoms with Crippen molar-refractivity contribution >= 4 is 69.6 Å². The Morgan fingerprint density at radius 1 is 1.03 bits per heavy atom. The van der Waals surface area contributed by atoms with Crippen LogP contribution in [0.25, 0.3) is 10.9 Å². The summed E-state index contributed by atoms with van der Waals surface area (Å²) in [6, 6.07) is 11.4. The molecule has 32 heavy (non-hydrogen) atoms. The summed E-state index contributed by atoms with van der Waals surface area (Å²) in [6.45, 7) is 0.816. The number of hydrogen-bond acceptors (Lipinski definition) is 5. The maximum Gasteiger partial charge on any atom is 0.471 e. The molecule has 0 saturated carbocycles. The Morgan fingerprint density at radius 3 is 2.47 bits per heavy atom. The lowest BCUT2D eigenvalue weighted by Crippen LogP contribution is -2.50. The number of hydrogen-bond donors (Lipinski definition) is 2. The lowest BCUT2D eigenvalue weighted by atomic mass is 10.2. The van der Waals surface area contributed by atoms with Crippen LogP contribution < -0.4 is 4.72 Å². The number of nitrogens with zero attached hydrogens (tertiary/aromatic N) is 2. The number of fused-ring (bicyclic) bond motifs is 1. The van der Waals surface area contributed by atoms with Gasteiger partial charge in [-0.1, -0.05) is 29.3 Å². The average Bonchev–Trinajstić information content (AvgIpc) is 3.16. The first kappa shape index (κ1) is 23.4. The molecule has 1 amide bonds. The van der Waals surface area contributed by atoms with Gasteiger partial charge in [-0.25, -0.2) is 4.31 Å². The summed E-state index contributed by atoms with van der Waals surface area (Å²) in [4.78, 5) is 17.3. The summed E-state index contributed by atoms with van der Waals surface area (Å²) < 4.78 is 43.0. The van der Waals surface area contributed by atoms with Gasteiger partial charge >= 0.3 is 12.1 Å². The molecule has 1 aliphatic rings. The lowest BCUT2D eigenvalue weighted by Gasteiger charge is -2.34. The van der Waals surface area contributed by atoms with Gasteiger partial charge in [-0.2, -0.15) is 13.2 Å². The number of halogens is 5. The quantitative estimate of drug-likeness (QED) is 0.386. The zero-order chi connectivity index (χ0) is 22.9. The van der Waals surface area contributed by atoms with E-state index >= 15 is 0 Å². The Labute approximate surface area is 200 Å². The van der Waals surface area contributed by atoms with Gasteiger partial charge in [-0.05, 0) is 54.2 Å². The van der Waals surface area contributed by atoms with Gasteiger partial charge in [0.25, 0.3) is 0 Å². The number of benzene rings is 2. The van der Waals surface area contributed by atoms with E-state index in [0.29, 0.717) is 23.1 Å². The van der Waals surface area contributed by atoms with E-state index in [2.05, 4.69) is 9.71 Å². The Kier molecular flexibility index (Phi) is 7.06. The topological polar surface area (TPSA) is 51.4 Å². The molecule has 1 aliphatic heterocycles. The second-order valence-corrected chi connectivity index (χ2v) is 9.84. The van der Waals surface area contributed by atoms with Crippen molar-refractivity contribution in [1.82, 2.24) is 14.2 Å². The smallest absolute Gasteiger partial charge is 0.358 e. The second kappa shape index (κ2) is 9.64. The molecule has 0 unspecified atom stereocenters. The minimum atomic E-state index is -4.82. The Balaban J connectivity index is 1.36. The normalized spacial score (nSPS) is 15.3. The number of nitrogens with one attached hydrogen (secondary N) is 2. The molecule has 5 nitrogen and oxygen atoms in total. The molecule has 1 aromatic heterocycles. The third-order valence-electron chi connectivity index (χ3n) is 4.82. The average molecular weight is 521 g/mol. The summed E-state index contributed by atoms with van der Waals surface area (Å²) in [5, 5.41) is 1.87. The fraction of sp³-hybridized carbons (Fsp3) is 0.250. The summed E-state index contributed by atoms with van der Waals surface area (Å²) >= 11 is 15.3. The van der Waals surface area contributed by atoms with Gasteiger partial charge in [0.15, 0.2) is 0 Å². The molecule has 170 valence electrons. The molecule has 0 radical (unpaired) electrons. The molecule has 12 heteroatoms. The molecule has 0 atom stereocenters. The molecule has 0 bridgehead atoms. The summed E-state index contributed by atoms with van der Waals surface area (Å²) in [5.41, 5.74) is 1.65. The molecule has 2 N–H and O–H groups in total. The predicted molar refractivity (Wildman–Crippen MR) is 124 cm³/mol. The maximum atomic E-state index is 12.6. The largest absolute Gasteiger partial charge is 0.471 e. The highest BCUT2D eigenvalue weighted by Crippen LogP contribution is 2.37. The van der Waals surface area contributed by atoms with Gasteiger partial charge in [0.2, 0.25) is 0 Å². The van der Waals surface area contributed by atoms with Crippen molar-refractivity contribution in [3.63, 3.8) is 0 Å².